The van der Waals surface area contributed by atoms with E-state index in [4.69, 9.17) is 4.98 Å². The second-order valence-electron chi connectivity index (χ2n) is 7.43. The Labute approximate surface area is 149 Å². The normalized spacial score (nSPS) is 20.9. The zero-order valence-electron chi connectivity index (χ0n) is 14.9. The Balaban J connectivity index is 1.66. The molecular formula is C20H26N4O. The van der Waals surface area contributed by atoms with Crippen LogP contribution in [0.4, 0.5) is 11.8 Å². The summed E-state index contributed by atoms with van der Waals surface area (Å²) in [7, 11) is 0. The number of anilines is 2. The van der Waals surface area contributed by atoms with E-state index in [1.807, 2.05) is 6.92 Å². The van der Waals surface area contributed by atoms with Crippen molar-refractivity contribution in [3.05, 3.63) is 47.2 Å². The second-order valence-corrected chi connectivity index (χ2v) is 7.43. The smallest absolute Gasteiger partial charge is 0.225 e. The van der Waals surface area contributed by atoms with E-state index in [0.717, 1.165) is 24.5 Å². The number of aliphatic hydroxyl groups excluding tert-OH is 1. The monoisotopic (exact) mass is 338 g/mol. The lowest BCUT2D eigenvalue weighted by molar-refractivity contribution is 0.281. The molecule has 0 radical (unpaired) electrons. The molecular weight excluding hydrogens is 312 g/mol. The number of rotatable bonds is 5. The standard InChI is InChI=1S/C20H26N4O/c1-13(12-25)21-20-22-18(15-7-8-15)10-19(23-20)24-11-17-6-4-3-5-16(17)9-14(24)2/h3-6,10,13-15,25H,7-9,11-12H2,1-2H3,(H,21,22,23)/t13-,14+/m0/s1. The molecule has 2 aliphatic rings. The maximum absolute atomic E-state index is 9.33. The van der Waals surface area contributed by atoms with Gasteiger partial charge in [-0.1, -0.05) is 24.3 Å². The van der Waals surface area contributed by atoms with Crippen LogP contribution in [0.15, 0.2) is 30.3 Å². The van der Waals surface area contributed by atoms with E-state index in [9.17, 15) is 5.11 Å². The molecule has 2 atom stereocenters. The Kier molecular flexibility index (Phi) is 4.34. The fourth-order valence-corrected chi connectivity index (χ4v) is 3.50. The molecule has 1 aromatic heterocycles. The molecule has 2 N–H and O–H groups in total. The lowest BCUT2D eigenvalue weighted by Crippen LogP contribution is -2.39. The summed E-state index contributed by atoms with van der Waals surface area (Å²) >= 11 is 0. The highest BCUT2D eigenvalue weighted by Crippen LogP contribution is 2.40. The van der Waals surface area contributed by atoms with Crippen molar-refractivity contribution in [1.29, 1.82) is 0 Å². The summed E-state index contributed by atoms with van der Waals surface area (Å²) in [5.41, 5.74) is 3.95. The molecule has 0 unspecified atom stereocenters. The van der Waals surface area contributed by atoms with Gasteiger partial charge >= 0.3 is 0 Å². The Morgan fingerprint density at radius 3 is 2.72 bits per heavy atom. The summed E-state index contributed by atoms with van der Waals surface area (Å²) in [6.45, 7) is 5.15. The average molecular weight is 338 g/mol. The molecule has 1 aliphatic carbocycles. The fraction of sp³-hybridized carbons (Fsp3) is 0.500. The molecule has 1 aliphatic heterocycles. The summed E-state index contributed by atoms with van der Waals surface area (Å²) in [5, 5.41) is 12.6. The van der Waals surface area contributed by atoms with Gasteiger partial charge in [0.1, 0.15) is 5.82 Å². The first kappa shape index (κ1) is 16.3. The highest BCUT2D eigenvalue weighted by Gasteiger charge is 2.29. The topological polar surface area (TPSA) is 61.3 Å². The van der Waals surface area contributed by atoms with E-state index in [1.54, 1.807) is 0 Å². The van der Waals surface area contributed by atoms with E-state index in [-0.39, 0.29) is 12.6 Å². The highest BCUT2D eigenvalue weighted by atomic mass is 16.3. The van der Waals surface area contributed by atoms with E-state index in [2.05, 4.69) is 52.5 Å². The van der Waals surface area contributed by atoms with Gasteiger partial charge in [0.15, 0.2) is 0 Å². The first-order chi connectivity index (χ1) is 12.1. The third-order valence-electron chi connectivity index (χ3n) is 5.18. The Bertz CT molecular complexity index is 759. The van der Waals surface area contributed by atoms with Crippen LogP contribution >= 0.6 is 0 Å². The van der Waals surface area contributed by atoms with Crippen molar-refractivity contribution < 1.29 is 5.11 Å². The average Bonchev–Trinajstić information content (AvgIpc) is 3.46. The second kappa shape index (κ2) is 6.64. The number of nitrogens with zero attached hydrogens (tertiary/aromatic N) is 3. The van der Waals surface area contributed by atoms with Crippen molar-refractivity contribution >= 4 is 11.8 Å². The van der Waals surface area contributed by atoms with Crippen LogP contribution < -0.4 is 10.2 Å². The molecule has 132 valence electrons. The summed E-state index contributed by atoms with van der Waals surface area (Å²) < 4.78 is 0. The zero-order valence-corrected chi connectivity index (χ0v) is 14.9. The lowest BCUT2D eigenvalue weighted by atomic mass is 9.95. The van der Waals surface area contributed by atoms with Crippen LogP contribution in [-0.4, -0.2) is 33.8 Å². The minimum atomic E-state index is -0.0539. The first-order valence-corrected chi connectivity index (χ1v) is 9.24. The molecule has 25 heavy (non-hydrogen) atoms. The van der Waals surface area contributed by atoms with Crippen molar-refractivity contribution in [2.24, 2.45) is 0 Å². The zero-order chi connectivity index (χ0) is 17.4. The number of hydrogen-bond acceptors (Lipinski definition) is 5. The van der Waals surface area contributed by atoms with Crippen LogP contribution in [-0.2, 0) is 13.0 Å². The van der Waals surface area contributed by atoms with Gasteiger partial charge in [-0.2, -0.15) is 4.98 Å². The lowest BCUT2D eigenvalue weighted by Gasteiger charge is -2.36. The molecule has 0 bridgehead atoms. The molecule has 0 saturated heterocycles. The van der Waals surface area contributed by atoms with Crippen molar-refractivity contribution in [2.45, 2.75) is 57.7 Å². The van der Waals surface area contributed by atoms with Crippen LogP contribution in [0.5, 0.6) is 0 Å². The number of nitrogens with one attached hydrogen (secondary N) is 1. The van der Waals surface area contributed by atoms with Gasteiger partial charge in [-0.05, 0) is 44.2 Å². The largest absolute Gasteiger partial charge is 0.394 e. The quantitative estimate of drug-likeness (QED) is 0.877. The third-order valence-corrected chi connectivity index (χ3v) is 5.18. The molecule has 0 amide bonds. The Morgan fingerprint density at radius 2 is 2.00 bits per heavy atom. The Morgan fingerprint density at radius 1 is 1.24 bits per heavy atom. The van der Waals surface area contributed by atoms with Gasteiger partial charge in [-0.25, -0.2) is 4.98 Å². The Hall–Kier alpha value is -2.14. The molecule has 2 aromatic rings. The molecule has 5 heteroatoms. The minimum Gasteiger partial charge on any atom is -0.394 e. The summed E-state index contributed by atoms with van der Waals surface area (Å²) in [5.74, 6) is 2.19. The van der Waals surface area contributed by atoms with Gasteiger partial charge in [-0.3, -0.25) is 0 Å². The predicted molar refractivity (Wildman–Crippen MR) is 100.0 cm³/mol. The number of aliphatic hydroxyl groups is 1. The number of benzene rings is 1. The van der Waals surface area contributed by atoms with Crippen LogP contribution in [0.3, 0.4) is 0 Å². The summed E-state index contributed by atoms with van der Waals surface area (Å²) in [6, 6.07) is 11.2. The molecule has 0 spiro atoms. The summed E-state index contributed by atoms with van der Waals surface area (Å²) in [6.07, 6.45) is 3.46. The van der Waals surface area contributed by atoms with Crippen LogP contribution in [0.2, 0.25) is 0 Å². The van der Waals surface area contributed by atoms with Crippen LogP contribution in [0.1, 0.15) is 49.4 Å². The molecule has 2 heterocycles. The van der Waals surface area contributed by atoms with Crippen molar-refractivity contribution in [3.63, 3.8) is 0 Å². The number of hydrogen-bond donors (Lipinski definition) is 2. The van der Waals surface area contributed by atoms with Crippen molar-refractivity contribution in [2.75, 3.05) is 16.8 Å². The van der Waals surface area contributed by atoms with E-state index < -0.39 is 0 Å². The van der Waals surface area contributed by atoms with Crippen molar-refractivity contribution in [3.8, 4) is 0 Å². The maximum Gasteiger partial charge on any atom is 0.225 e. The molecule has 1 aromatic carbocycles. The van der Waals surface area contributed by atoms with Gasteiger partial charge in [0.25, 0.3) is 0 Å². The van der Waals surface area contributed by atoms with Crippen molar-refractivity contribution in [1.82, 2.24) is 9.97 Å². The van der Waals surface area contributed by atoms with Gasteiger partial charge in [0.2, 0.25) is 5.95 Å². The molecule has 4 rings (SSSR count). The van der Waals surface area contributed by atoms with Gasteiger partial charge < -0.3 is 15.3 Å². The molecule has 1 fully saturated rings. The van der Waals surface area contributed by atoms with Gasteiger partial charge in [-0.15, -0.1) is 0 Å². The van der Waals surface area contributed by atoms with Gasteiger partial charge in [0, 0.05) is 30.6 Å². The molecule has 1 saturated carbocycles. The predicted octanol–water partition coefficient (Wildman–Crippen LogP) is 3.10. The van der Waals surface area contributed by atoms with Crippen LogP contribution in [0, 0.1) is 0 Å². The maximum atomic E-state index is 9.33. The first-order valence-electron chi connectivity index (χ1n) is 9.24. The minimum absolute atomic E-state index is 0.0539. The summed E-state index contributed by atoms with van der Waals surface area (Å²) in [4.78, 5) is 11.8. The third kappa shape index (κ3) is 3.47. The SMILES string of the molecule is C[C@@H]1Cc2ccccc2CN1c1cc(C2CC2)nc(N[C@@H](C)CO)n1. The molecule has 5 nitrogen and oxygen atoms in total. The van der Waals surface area contributed by atoms with Crippen LogP contribution in [0.25, 0.3) is 0 Å². The number of fused-ring (bicyclic) bond motifs is 1. The fourth-order valence-electron chi connectivity index (χ4n) is 3.50. The van der Waals surface area contributed by atoms with E-state index >= 15 is 0 Å². The van der Waals surface area contributed by atoms with E-state index in [1.165, 1.54) is 24.0 Å². The van der Waals surface area contributed by atoms with Gasteiger partial charge in [0.05, 0.1) is 12.3 Å². The number of aromatic nitrogens is 2. The van der Waals surface area contributed by atoms with E-state index in [0.29, 0.717) is 17.9 Å². The highest BCUT2D eigenvalue weighted by molar-refractivity contribution is 5.50.